The zero-order valence-corrected chi connectivity index (χ0v) is 7.27. The lowest BCUT2D eigenvalue weighted by Crippen LogP contribution is -1.86. The van der Waals surface area contributed by atoms with Gasteiger partial charge in [-0.1, -0.05) is 15.9 Å². The van der Waals surface area contributed by atoms with Gasteiger partial charge in [0.25, 0.3) is 0 Å². The van der Waals surface area contributed by atoms with Gasteiger partial charge in [0.15, 0.2) is 0 Å². The molecule has 1 saturated heterocycles. The molecule has 2 rings (SSSR count). The molecule has 0 saturated carbocycles. The van der Waals surface area contributed by atoms with E-state index in [9.17, 15) is 4.39 Å². The molecular weight excluding hydrogens is 211 g/mol. The first kappa shape index (κ1) is 7.25. The van der Waals surface area contributed by atoms with Gasteiger partial charge in [-0.05, 0) is 18.2 Å². The van der Waals surface area contributed by atoms with E-state index >= 15 is 0 Å². The minimum absolute atomic E-state index is 0.00694. The highest BCUT2D eigenvalue weighted by Crippen LogP contribution is 2.32. The van der Waals surface area contributed by atoms with Crippen LogP contribution in [0.15, 0.2) is 22.7 Å². The smallest absolute Gasteiger partial charge is 0.129 e. The molecule has 0 N–H and O–H groups in total. The Kier molecular flexibility index (Phi) is 1.69. The summed E-state index contributed by atoms with van der Waals surface area (Å²) in [5.41, 5.74) is 0.652. The molecule has 1 aromatic carbocycles. The van der Waals surface area contributed by atoms with E-state index in [-0.39, 0.29) is 11.9 Å². The van der Waals surface area contributed by atoms with Crippen molar-refractivity contribution in [3.05, 3.63) is 34.1 Å². The molecule has 0 spiro atoms. The maximum absolute atomic E-state index is 13.0. The highest BCUT2D eigenvalue weighted by molar-refractivity contribution is 9.10. The van der Waals surface area contributed by atoms with E-state index in [4.69, 9.17) is 4.74 Å². The molecule has 0 unspecified atom stereocenters. The molecule has 0 radical (unpaired) electrons. The lowest BCUT2D eigenvalue weighted by Gasteiger charge is -1.97. The van der Waals surface area contributed by atoms with Gasteiger partial charge >= 0.3 is 0 Å². The molecule has 58 valence electrons. The number of epoxide rings is 1. The molecular formula is C8H6BrFO. The molecule has 0 bridgehead atoms. The zero-order chi connectivity index (χ0) is 7.84. The summed E-state index contributed by atoms with van der Waals surface area (Å²) >= 11 is 3.27. The average Bonchev–Trinajstić information content (AvgIpc) is 2.76. The summed E-state index contributed by atoms with van der Waals surface area (Å²) in [4.78, 5) is 0. The van der Waals surface area contributed by atoms with Crippen LogP contribution in [0.5, 0.6) is 0 Å². The number of hydrogen-bond acceptors (Lipinski definition) is 1. The Balaban J connectivity index is 2.42. The van der Waals surface area contributed by atoms with E-state index in [1.165, 1.54) is 6.07 Å². The van der Waals surface area contributed by atoms with E-state index in [1.807, 2.05) is 0 Å². The van der Waals surface area contributed by atoms with Crippen LogP contribution in [0, 0.1) is 5.82 Å². The van der Waals surface area contributed by atoms with Gasteiger partial charge in [-0.15, -0.1) is 0 Å². The first-order valence-corrected chi connectivity index (χ1v) is 4.13. The topological polar surface area (TPSA) is 12.5 Å². The third-order valence-electron chi connectivity index (χ3n) is 1.64. The van der Waals surface area contributed by atoms with Crippen LogP contribution in [0.1, 0.15) is 11.7 Å². The first-order valence-electron chi connectivity index (χ1n) is 3.34. The van der Waals surface area contributed by atoms with Gasteiger partial charge in [0.2, 0.25) is 0 Å². The van der Waals surface area contributed by atoms with Crippen LogP contribution >= 0.6 is 15.9 Å². The van der Waals surface area contributed by atoms with Crippen molar-refractivity contribution in [2.24, 2.45) is 0 Å². The number of benzene rings is 1. The minimum Gasteiger partial charge on any atom is -0.368 e. The number of ether oxygens (including phenoxy) is 1. The molecule has 1 aliphatic rings. The van der Waals surface area contributed by atoms with Crippen molar-refractivity contribution in [3.8, 4) is 0 Å². The van der Waals surface area contributed by atoms with Gasteiger partial charge in [0.05, 0.1) is 6.61 Å². The van der Waals surface area contributed by atoms with Gasteiger partial charge in [0, 0.05) is 10.0 Å². The van der Waals surface area contributed by atoms with Gasteiger partial charge in [-0.2, -0.15) is 0 Å². The molecule has 1 heterocycles. The van der Waals surface area contributed by atoms with Gasteiger partial charge < -0.3 is 4.74 Å². The van der Waals surface area contributed by atoms with Crippen LogP contribution in [0.3, 0.4) is 0 Å². The maximum Gasteiger partial charge on any atom is 0.129 e. The lowest BCUT2D eigenvalue weighted by molar-refractivity contribution is 0.408. The fourth-order valence-electron chi connectivity index (χ4n) is 0.989. The average molecular weight is 217 g/mol. The van der Waals surface area contributed by atoms with Crippen molar-refractivity contribution in [2.45, 2.75) is 6.10 Å². The van der Waals surface area contributed by atoms with Gasteiger partial charge in [-0.3, -0.25) is 0 Å². The van der Waals surface area contributed by atoms with Crippen LogP contribution in [0.2, 0.25) is 0 Å². The summed E-state index contributed by atoms with van der Waals surface area (Å²) in [6.07, 6.45) is -0.00694. The zero-order valence-electron chi connectivity index (χ0n) is 5.68. The highest BCUT2D eigenvalue weighted by Gasteiger charge is 2.27. The van der Waals surface area contributed by atoms with Crippen molar-refractivity contribution in [1.29, 1.82) is 0 Å². The summed E-state index contributed by atoms with van der Waals surface area (Å²) < 4.78 is 18.8. The summed E-state index contributed by atoms with van der Waals surface area (Å²) in [6, 6.07) is 4.88. The third kappa shape index (κ3) is 1.44. The molecule has 11 heavy (non-hydrogen) atoms. The summed E-state index contributed by atoms with van der Waals surface area (Å²) in [5.74, 6) is -0.185. The predicted octanol–water partition coefficient (Wildman–Crippen LogP) is 2.66. The second-order valence-corrected chi connectivity index (χ2v) is 3.40. The lowest BCUT2D eigenvalue weighted by atomic mass is 10.1. The molecule has 1 atom stereocenters. The third-order valence-corrected chi connectivity index (χ3v) is 2.13. The fraction of sp³-hybridized carbons (Fsp3) is 0.250. The van der Waals surface area contributed by atoms with Crippen LogP contribution < -0.4 is 0 Å². The van der Waals surface area contributed by atoms with Crippen LogP contribution in [0.25, 0.3) is 0 Å². The molecule has 0 aliphatic carbocycles. The van der Waals surface area contributed by atoms with E-state index in [0.717, 1.165) is 4.47 Å². The Morgan fingerprint density at radius 3 is 2.91 bits per heavy atom. The van der Waals surface area contributed by atoms with Crippen LogP contribution in [0.4, 0.5) is 4.39 Å². The largest absolute Gasteiger partial charge is 0.368 e. The maximum atomic E-state index is 13.0. The standard InChI is InChI=1S/C8H6BrFO/c9-5-1-2-7(10)6(3-5)8-4-11-8/h1-3,8H,4H2/t8-/m1/s1. The van der Waals surface area contributed by atoms with E-state index in [1.54, 1.807) is 12.1 Å². The summed E-state index contributed by atoms with van der Waals surface area (Å²) in [5, 5.41) is 0. The van der Waals surface area contributed by atoms with Crippen molar-refractivity contribution < 1.29 is 9.13 Å². The Labute approximate surface area is 72.3 Å². The molecule has 0 aromatic heterocycles. The quantitative estimate of drug-likeness (QED) is 0.658. The number of halogens is 2. The van der Waals surface area contributed by atoms with Crippen LogP contribution in [-0.2, 0) is 4.74 Å². The molecule has 0 amide bonds. The number of hydrogen-bond donors (Lipinski definition) is 0. The van der Waals surface area contributed by atoms with Crippen molar-refractivity contribution in [1.82, 2.24) is 0 Å². The second kappa shape index (κ2) is 2.57. The normalized spacial score (nSPS) is 21.8. The molecule has 1 aliphatic heterocycles. The summed E-state index contributed by atoms with van der Waals surface area (Å²) in [6.45, 7) is 0.646. The van der Waals surface area contributed by atoms with Crippen molar-refractivity contribution >= 4 is 15.9 Å². The molecule has 1 nitrogen and oxygen atoms in total. The van der Waals surface area contributed by atoms with E-state index in [0.29, 0.717) is 12.2 Å². The Morgan fingerprint density at radius 1 is 1.55 bits per heavy atom. The Hall–Kier alpha value is -0.410. The Morgan fingerprint density at radius 2 is 2.27 bits per heavy atom. The van der Waals surface area contributed by atoms with E-state index < -0.39 is 0 Å². The fourth-order valence-corrected chi connectivity index (χ4v) is 1.37. The highest BCUT2D eigenvalue weighted by atomic mass is 79.9. The first-order chi connectivity index (χ1) is 5.27. The second-order valence-electron chi connectivity index (χ2n) is 2.49. The SMILES string of the molecule is Fc1ccc(Br)cc1[C@H]1CO1. The van der Waals surface area contributed by atoms with Gasteiger partial charge in [0.1, 0.15) is 11.9 Å². The summed E-state index contributed by atoms with van der Waals surface area (Å²) in [7, 11) is 0. The monoisotopic (exact) mass is 216 g/mol. The van der Waals surface area contributed by atoms with Crippen molar-refractivity contribution in [3.63, 3.8) is 0 Å². The molecule has 3 heteroatoms. The predicted molar refractivity (Wildman–Crippen MR) is 42.8 cm³/mol. The van der Waals surface area contributed by atoms with Crippen molar-refractivity contribution in [2.75, 3.05) is 6.61 Å². The molecule has 1 fully saturated rings. The van der Waals surface area contributed by atoms with E-state index in [2.05, 4.69) is 15.9 Å². The minimum atomic E-state index is -0.185. The number of rotatable bonds is 1. The van der Waals surface area contributed by atoms with Gasteiger partial charge in [-0.25, -0.2) is 4.39 Å². The molecule has 1 aromatic rings. The Bertz CT molecular complexity index is 283. The van der Waals surface area contributed by atoms with Crippen LogP contribution in [-0.4, -0.2) is 6.61 Å².